The number of nitrogens with two attached hydrogens (primary N) is 2. The van der Waals surface area contributed by atoms with Crippen molar-refractivity contribution in [1.29, 1.82) is 0 Å². The molecule has 2 rings (SSSR count). The number of amides is 1. The summed E-state index contributed by atoms with van der Waals surface area (Å²) < 4.78 is 0. The second kappa shape index (κ2) is 3.66. The highest BCUT2D eigenvalue weighted by Gasteiger charge is 2.36. The molecule has 1 aromatic heterocycles. The van der Waals surface area contributed by atoms with Crippen molar-refractivity contribution in [2.45, 2.75) is 19.8 Å². The third-order valence-electron chi connectivity index (χ3n) is 3.00. The molecule has 0 aliphatic heterocycles. The van der Waals surface area contributed by atoms with E-state index >= 15 is 0 Å². The minimum atomic E-state index is -0.527. The molecule has 0 radical (unpaired) electrons. The number of anilines is 2. The number of nitrogens with one attached hydrogen (secondary N) is 1. The van der Waals surface area contributed by atoms with Crippen LogP contribution in [0.25, 0.3) is 0 Å². The Morgan fingerprint density at radius 2 is 2.31 bits per heavy atom. The Morgan fingerprint density at radius 3 is 2.88 bits per heavy atom. The maximum atomic E-state index is 11.1. The number of pyridine rings is 1. The molecule has 1 amide bonds. The van der Waals surface area contributed by atoms with Crippen LogP contribution in [0.5, 0.6) is 0 Å². The summed E-state index contributed by atoms with van der Waals surface area (Å²) >= 11 is 0. The van der Waals surface area contributed by atoms with Gasteiger partial charge in [-0.1, -0.05) is 6.92 Å². The van der Waals surface area contributed by atoms with Gasteiger partial charge < -0.3 is 16.8 Å². The van der Waals surface area contributed by atoms with Crippen molar-refractivity contribution in [2.24, 2.45) is 11.1 Å². The molecule has 0 saturated heterocycles. The quantitative estimate of drug-likeness (QED) is 0.704. The summed E-state index contributed by atoms with van der Waals surface area (Å²) in [6, 6.07) is 1.60. The van der Waals surface area contributed by atoms with Crippen LogP contribution >= 0.6 is 0 Å². The number of aromatic nitrogens is 1. The Labute approximate surface area is 94.2 Å². The summed E-state index contributed by atoms with van der Waals surface area (Å²) in [5, 5.41) is 3.20. The van der Waals surface area contributed by atoms with Gasteiger partial charge in [0, 0.05) is 6.54 Å². The van der Waals surface area contributed by atoms with E-state index in [1.165, 1.54) is 19.0 Å². The summed E-state index contributed by atoms with van der Waals surface area (Å²) in [4.78, 5) is 15.2. The molecule has 5 N–H and O–H groups in total. The van der Waals surface area contributed by atoms with Gasteiger partial charge in [-0.25, -0.2) is 4.98 Å². The number of rotatable bonds is 4. The van der Waals surface area contributed by atoms with E-state index in [9.17, 15) is 4.79 Å². The van der Waals surface area contributed by atoms with Crippen LogP contribution in [-0.2, 0) is 0 Å². The van der Waals surface area contributed by atoms with Crippen molar-refractivity contribution >= 4 is 17.4 Å². The van der Waals surface area contributed by atoms with Crippen LogP contribution in [0.15, 0.2) is 12.3 Å². The summed E-state index contributed by atoms with van der Waals surface area (Å²) in [5.41, 5.74) is 11.8. The number of carbonyl (C=O) groups is 1. The minimum absolute atomic E-state index is 0.315. The van der Waals surface area contributed by atoms with Crippen LogP contribution in [0, 0.1) is 5.41 Å². The van der Waals surface area contributed by atoms with Gasteiger partial charge in [0.1, 0.15) is 5.82 Å². The average molecular weight is 220 g/mol. The average Bonchev–Trinajstić information content (AvgIpc) is 2.96. The SMILES string of the molecule is CC1(CNc2cc(C(N)=O)c(N)cn2)CC1. The fourth-order valence-corrected chi connectivity index (χ4v) is 1.47. The van der Waals surface area contributed by atoms with Crippen molar-refractivity contribution in [2.75, 3.05) is 17.6 Å². The zero-order valence-corrected chi connectivity index (χ0v) is 9.29. The van der Waals surface area contributed by atoms with Crippen molar-refractivity contribution in [3.63, 3.8) is 0 Å². The smallest absolute Gasteiger partial charge is 0.250 e. The molecule has 1 aliphatic carbocycles. The Hall–Kier alpha value is -1.78. The Bertz CT molecular complexity index is 426. The van der Waals surface area contributed by atoms with Gasteiger partial charge >= 0.3 is 0 Å². The number of carbonyl (C=O) groups excluding carboxylic acids is 1. The highest BCUT2D eigenvalue weighted by Crippen LogP contribution is 2.44. The van der Waals surface area contributed by atoms with E-state index in [0.717, 1.165) is 6.54 Å². The minimum Gasteiger partial charge on any atom is -0.397 e. The summed E-state index contributed by atoms with van der Waals surface area (Å²) in [7, 11) is 0. The van der Waals surface area contributed by atoms with Gasteiger partial charge in [-0.15, -0.1) is 0 Å². The second-order valence-corrected chi connectivity index (χ2v) is 4.69. The highest BCUT2D eigenvalue weighted by molar-refractivity contribution is 5.98. The maximum Gasteiger partial charge on any atom is 0.250 e. The van der Waals surface area contributed by atoms with Crippen molar-refractivity contribution in [3.05, 3.63) is 17.8 Å². The molecule has 0 unspecified atom stereocenters. The molecule has 0 atom stereocenters. The van der Waals surface area contributed by atoms with Gasteiger partial charge in [0.05, 0.1) is 17.4 Å². The fourth-order valence-electron chi connectivity index (χ4n) is 1.47. The Morgan fingerprint density at radius 1 is 1.62 bits per heavy atom. The molecule has 1 heterocycles. The molecule has 0 spiro atoms. The van der Waals surface area contributed by atoms with Crippen LogP contribution in [0.3, 0.4) is 0 Å². The van der Waals surface area contributed by atoms with Gasteiger partial charge in [-0.2, -0.15) is 0 Å². The maximum absolute atomic E-state index is 11.1. The van der Waals surface area contributed by atoms with E-state index in [2.05, 4.69) is 17.2 Å². The molecule has 16 heavy (non-hydrogen) atoms. The topological polar surface area (TPSA) is 94.0 Å². The normalized spacial score (nSPS) is 16.8. The van der Waals surface area contributed by atoms with E-state index in [-0.39, 0.29) is 0 Å². The monoisotopic (exact) mass is 220 g/mol. The largest absolute Gasteiger partial charge is 0.397 e. The van der Waals surface area contributed by atoms with Crippen molar-refractivity contribution in [1.82, 2.24) is 4.98 Å². The van der Waals surface area contributed by atoms with E-state index in [4.69, 9.17) is 11.5 Å². The second-order valence-electron chi connectivity index (χ2n) is 4.69. The van der Waals surface area contributed by atoms with Gasteiger partial charge in [0.15, 0.2) is 0 Å². The molecule has 1 aromatic rings. The van der Waals surface area contributed by atoms with Crippen LogP contribution in [-0.4, -0.2) is 17.4 Å². The first-order valence-electron chi connectivity index (χ1n) is 5.29. The third kappa shape index (κ3) is 2.24. The first kappa shape index (κ1) is 10.7. The lowest BCUT2D eigenvalue weighted by Crippen LogP contribution is -2.16. The molecule has 0 bridgehead atoms. The molecule has 86 valence electrons. The van der Waals surface area contributed by atoms with Crippen molar-refractivity contribution < 1.29 is 4.79 Å². The molecule has 5 nitrogen and oxygen atoms in total. The number of hydrogen-bond acceptors (Lipinski definition) is 4. The number of hydrogen-bond donors (Lipinski definition) is 3. The lowest BCUT2D eigenvalue weighted by atomic mass is 10.1. The van der Waals surface area contributed by atoms with Gasteiger partial charge in [-0.05, 0) is 24.3 Å². The molecular weight excluding hydrogens is 204 g/mol. The van der Waals surface area contributed by atoms with E-state index in [1.54, 1.807) is 6.07 Å². The van der Waals surface area contributed by atoms with Crippen LogP contribution in [0.1, 0.15) is 30.1 Å². The van der Waals surface area contributed by atoms with Crippen LogP contribution in [0.2, 0.25) is 0 Å². The molecular formula is C11H16N4O. The zero-order valence-electron chi connectivity index (χ0n) is 9.29. The number of primary amides is 1. The summed E-state index contributed by atoms with van der Waals surface area (Å²) in [6.07, 6.45) is 3.92. The summed E-state index contributed by atoms with van der Waals surface area (Å²) in [6.45, 7) is 3.08. The lowest BCUT2D eigenvalue weighted by molar-refractivity contribution is 0.100. The van der Waals surface area contributed by atoms with E-state index in [0.29, 0.717) is 22.5 Å². The third-order valence-corrected chi connectivity index (χ3v) is 3.00. The van der Waals surface area contributed by atoms with Gasteiger partial charge in [0.2, 0.25) is 0 Å². The van der Waals surface area contributed by atoms with Gasteiger partial charge in [-0.3, -0.25) is 4.79 Å². The van der Waals surface area contributed by atoms with Gasteiger partial charge in [0.25, 0.3) is 5.91 Å². The molecule has 0 aromatic carbocycles. The van der Waals surface area contributed by atoms with Crippen molar-refractivity contribution in [3.8, 4) is 0 Å². The predicted octanol–water partition coefficient (Wildman–Crippen LogP) is 0.975. The molecule has 1 fully saturated rings. The zero-order chi connectivity index (χ0) is 11.8. The molecule has 1 saturated carbocycles. The number of nitrogens with zero attached hydrogens (tertiary/aromatic N) is 1. The Balaban J connectivity index is 2.09. The predicted molar refractivity (Wildman–Crippen MR) is 63.0 cm³/mol. The molecule has 5 heteroatoms. The van der Waals surface area contributed by atoms with Crippen LogP contribution in [0.4, 0.5) is 11.5 Å². The van der Waals surface area contributed by atoms with Crippen LogP contribution < -0.4 is 16.8 Å². The first-order chi connectivity index (χ1) is 7.50. The number of nitrogen functional groups attached to an aromatic ring is 1. The molecule has 1 aliphatic rings. The van der Waals surface area contributed by atoms with E-state index in [1.807, 2.05) is 0 Å². The lowest BCUT2D eigenvalue weighted by Gasteiger charge is -2.11. The van der Waals surface area contributed by atoms with E-state index < -0.39 is 5.91 Å². The summed E-state index contributed by atoms with van der Waals surface area (Å²) in [5.74, 6) is 0.122. The fraction of sp³-hybridized carbons (Fsp3) is 0.455. The highest BCUT2D eigenvalue weighted by atomic mass is 16.1. The first-order valence-corrected chi connectivity index (χ1v) is 5.29. The Kier molecular flexibility index (Phi) is 2.46. The standard InChI is InChI=1S/C11H16N4O/c1-11(2-3-11)6-15-9-4-7(10(13)16)8(12)5-14-9/h4-5H,2-3,6,12H2,1H3,(H2,13,16)(H,14,15).